The van der Waals surface area contributed by atoms with Crippen LogP contribution >= 0.6 is 11.8 Å². The molecule has 1 aliphatic rings. The monoisotopic (exact) mass is 383 g/mol. The number of allylic oxidation sites excluding steroid dienone is 2. The summed E-state index contributed by atoms with van der Waals surface area (Å²) in [5, 5.41) is 13.1. The van der Waals surface area contributed by atoms with Gasteiger partial charge in [-0.1, -0.05) is 43.3 Å². The fourth-order valence-corrected chi connectivity index (χ4v) is 4.10. The van der Waals surface area contributed by atoms with E-state index >= 15 is 0 Å². The zero-order chi connectivity index (χ0) is 19.4. The number of benzene rings is 1. The summed E-state index contributed by atoms with van der Waals surface area (Å²) in [7, 11) is 1.92. The van der Waals surface area contributed by atoms with E-state index in [1.165, 1.54) is 5.57 Å². The van der Waals surface area contributed by atoms with E-state index in [2.05, 4.69) is 47.6 Å². The van der Waals surface area contributed by atoms with Gasteiger partial charge in [0.15, 0.2) is 5.16 Å². The van der Waals surface area contributed by atoms with E-state index in [9.17, 15) is 4.79 Å². The Balaban J connectivity index is 1.58. The second-order valence-electron chi connectivity index (χ2n) is 7.76. The third-order valence-corrected chi connectivity index (χ3v) is 5.49. The number of hydrogen-bond acceptors (Lipinski definition) is 5. The van der Waals surface area contributed by atoms with Crippen LogP contribution in [0.2, 0.25) is 0 Å². The van der Waals surface area contributed by atoms with Gasteiger partial charge in [-0.3, -0.25) is 4.79 Å². The van der Waals surface area contributed by atoms with Gasteiger partial charge in [0, 0.05) is 18.4 Å². The molecule has 1 aromatic heterocycles. The zero-order valence-electron chi connectivity index (χ0n) is 16.2. The van der Waals surface area contributed by atoms with Crippen molar-refractivity contribution >= 4 is 23.4 Å². The van der Waals surface area contributed by atoms with Gasteiger partial charge in [0.1, 0.15) is 6.33 Å². The Morgan fingerprint density at radius 1 is 1.30 bits per heavy atom. The van der Waals surface area contributed by atoms with Crippen molar-refractivity contribution in [2.24, 2.45) is 17.6 Å². The molecule has 1 aliphatic carbocycles. The van der Waals surface area contributed by atoms with Crippen molar-refractivity contribution in [2.45, 2.75) is 44.5 Å². The first-order valence-electron chi connectivity index (χ1n) is 8.92. The molecule has 1 aromatic carbocycles. The number of rotatable bonds is 5. The van der Waals surface area contributed by atoms with Crippen molar-refractivity contribution in [2.75, 3.05) is 0 Å². The van der Waals surface area contributed by atoms with Gasteiger partial charge in [-0.2, -0.15) is 5.10 Å². The molecule has 7 heteroatoms. The van der Waals surface area contributed by atoms with Gasteiger partial charge >= 0.3 is 0 Å². The minimum atomic E-state index is -0.190. The third kappa shape index (κ3) is 5.29. The molecule has 142 valence electrons. The minimum absolute atomic E-state index is 0.185. The molecule has 0 radical (unpaired) electrons. The predicted molar refractivity (Wildman–Crippen MR) is 109 cm³/mol. The number of carbonyl (C=O) groups is 1. The number of hydrogen-bond donors (Lipinski definition) is 1. The number of aromatic nitrogens is 3. The molecule has 1 heterocycles. The Kier molecular flexibility index (Phi) is 5.79. The summed E-state index contributed by atoms with van der Waals surface area (Å²) in [4.78, 5) is 12.4. The Morgan fingerprint density at radius 3 is 2.67 bits per heavy atom. The molecule has 1 N–H and O–H groups in total. The Hall–Kier alpha value is -2.41. The first kappa shape index (κ1) is 19.4. The average molecular weight is 384 g/mol. The van der Waals surface area contributed by atoms with E-state index in [1.807, 2.05) is 35.9 Å². The number of aryl methyl sites for hydroxylation is 1. The van der Waals surface area contributed by atoms with Crippen molar-refractivity contribution < 1.29 is 4.79 Å². The van der Waals surface area contributed by atoms with E-state index in [4.69, 9.17) is 0 Å². The van der Waals surface area contributed by atoms with Gasteiger partial charge in [-0.15, -0.1) is 10.2 Å². The zero-order valence-corrected chi connectivity index (χ0v) is 17.0. The van der Waals surface area contributed by atoms with Gasteiger partial charge in [0.25, 0.3) is 5.91 Å². The van der Waals surface area contributed by atoms with E-state index in [0.29, 0.717) is 5.56 Å². The van der Waals surface area contributed by atoms with Crippen LogP contribution in [-0.2, 0) is 12.8 Å². The summed E-state index contributed by atoms with van der Waals surface area (Å²) < 4.78 is 1.88. The van der Waals surface area contributed by atoms with Crippen molar-refractivity contribution in [3.05, 3.63) is 53.4 Å². The molecular weight excluding hydrogens is 358 g/mol. The first-order chi connectivity index (χ1) is 12.8. The number of carbonyl (C=O) groups excluding carboxylic acids is 1. The standard InChI is InChI=1S/C20H25N5OS/c1-14-9-17(11-20(2,3)10-14)22-23-18(26)16-7-5-15(6-8-16)12-27-19-24-21-13-25(19)4/h5-9,13H,10-12H2,1-4H3,(H,23,26)/b22-17-. The summed E-state index contributed by atoms with van der Waals surface area (Å²) in [6.07, 6.45) is 5.68. The Morgan fingerprint density at radius 2 is 2.04 bits per heavy atom. The maximum atomic E-state index is 12.4. The highest BCUT2D eigenvalue weighted by Gasteiger charge is 2.24. The summed E-state index contributed by atoms with van der Waals surface area (Å²) in [5.74, 6) is 0.583. The maximum absolute atomic E-state index is 12.4. The summed E-state index contributed by atoms with van der Waals surface area (Å²) in [6, 6.07) is 7.57. The maximum Gasteiger partial charge on any atom is 0.271 e. The highest BCUT2D eigenvalue weighted by atomic mass is 32.2. The van der Waals surface area contributed by atoms with Crippen LogP contribution in [0.3, 0.4) is 0 Å². The molecule has 3 rings (SSSR count). The summed E-state index contributed by atoms with van der Waals surface area (Å²) in [6.45, 7) is 6.55. The van der Waals surface area contributed by atoms with Crippen molar-refractivity contribution in [1.29, 1.82) is 0 Å². The molecule has 6 nitrogen and oxygen atoms in total. The molecule has 0 saturated carbocycles. The normalized spacial score (nSPS) is 17.6. The van der Waals surface area contributed by atoms with E-state index in [-0.39, 0.29) is 11.3 Å². The lowest BCUT2D eigenvalue weighted by atomic mass is 9.77. The lowest BCUT2D eigenvalue weighted by molar-refractivity contribution is 0.0954. The minimum Gasteiger partial charge on any atom is -0.312 e. The second kappa shape index (κ2) is 8.08. The lowest BCUT2D eigenvalue weighted by Gasteiger charge is -2.29. The molecule has 0 bridgehead atoms. The molecule has 0 spiro atoms. The number of hydrazone groups is 1. The van der Waals surface area contributed by atoms with Crippen LogP contribution in [-0.4, -0.2) is 26.4 Å². The molecule has 1 amide bonds. The molecule has 0 fully saturated rings. The number of nitrogens with zero attached hydrogens (tertiary/aromatic N) is 4. The topological polar surface area (TPSA) is 72.2 Å². The average Bonchev–Trinajstić information content (AvgIpc) is 3.01. The second-order valence-corrected chi connectivity index (χ2v) is 8.71. The van der Waals surface area contributed by atoms with Gasteiger partial charge in [-0.05, 0) is 49.0 Å². The Bertz CT molecular complexity index is 880. The molecule has 0 atom stereocenters. The smallest absolute Gasteiger partial charge is 0.271 e. The molecule has 2 aromatic rings. The van der Waals surface area contributed by atoms with Crippen LogP contribution in [0, 0.1) is 5.41 Å². The molecule has 0 saturated heterocycles. The summed E-state index contributed by atoms with van der Waals surface area (Å²) in [5.41, 5.74) is 6.81. The largest absolute Gasteiger partial charge is 0.312 e. The fourth-order valence-electron chi connectivity index (χ4n) is 3.26. The van der Waals surface area contributed by atoms with Crippen LogP contribution in [0.25, 0.3) is 0 Å². The molecule has 0 aliphatic heterocycles. The highest BCUT2D eigenvalue weighted by molar-refractivity contribution is 7.98. The van der Waals surface area contributed by atoms with Crippen LogP contribution in [0.4, 0.5) is 0 Å². The number of amides is 1. The molecule has 0 unspecified atom stereocenters. The van der Waals surface area contributed by atoms with Crippen molar-refractivity contribution in [3.63, 3.8) is 0 Å². The first-order valence-corrected chi connectivity index (χ1v) is 9.91. The quantitative estimate of drug-likeness (QED) is 0.627. The number of nitrogens with one attached hydrogen (secondary N) is 1. The highest BCUT2D eigenvalue weighted by Crippen LogP contribution is 2.33. The van der Waals surface area contributed by atoms with E-state index in [0.717, 1.165) is 35.0 Å². The molecule has 27 heavy (non-hydrogen) atoms. The van der Waals surface area contributed by atoms with Crippen molar-refractivity contribution in [3.8, 4) is 0 Å². The van der Waals surface area contributed by atoms with E-state index < -0.39 is 0 Å². The molecular formula is C20H25N5OS. The Labute approximate surface area is 164 Å². The lowest BCUT2D eigenvalue weighted by Crippen LogP contribution is -2.25. The SMILES string of the molecule is CC1=C/C(=N/NC(=O)c2ccc(CSc3nncn3C)cc2)CC(C)(C)C1. The van der Waals surface area contributed by atoms with Crippen LogP contribution < -0.4 is 5.43 Å². The van der Waals surface area contributed by atoms with E-state index in [1.54, 1.807) is 18.1 Å². The summed E-state index contributed by atoms with van der Waals surface area (Å²) >= 11 is 1.61. The van der Waals surface area contributed by atoms with Gasteiger partial charge in [-0.25, -0.2) is 5.43 Å². The van der Waals surface area contributed by atoms with Crippen LogP contribution in [0.1, 0.15) is 49.5 Å². The van der Waals surface area contributed by atoms with Crippen LogP contribution in [0.15, 0.2) is 52.5 Å². The fraction of sp³-hybridized carbons (Fsp3) is 0.400. The number of thioether (sulfide) groups is 1. The van der Waals surface area contributed by atoms with Crippen LogP contribution in [0.5, 0.6) is 0 Å². The predicted octanol–water partition coefficient (Wildman–Crippen LogP) is 3.96. The van der Waals surface area contributed by atoms with Gasteiger partial charge in [0.05, 0.1) is 5.71 Å². The van der Waals surface area contributed by atoms with Gasteiger partial charge in [0.2, 0.25) is 0 Å². The van der Waals surface area contributed by atoms with Gasteiger partial charge < -0.3 is 4.57 Å². The third-order valence-electron chi connectivity index (χ3n) is 4.39. The van der Waals surface area contributed by atoms with Crippen molar-refractivity contribution in [1.82, 2.24) is 20.2 Å².